The van der Waals surface area contributed by atoms with Crippen LogP contribution in [-0.2, 0) is 6.61 Å². The fourth-order valence-corrected chi connectivity index (χ4v) is 1.50. The largest absolute Gasteiger partial charge is 0.497 e. The van der Waals surface area contributed by atoms with E-state index in [0.29, 0.717) is 12.2 Å². The van der Waals surface area contributed by atoms with Gasteiger partial charge in [-0.2, -0.15) is 5.10 Å². The number of hydrogen-bond acceptors (Lipinski definition) is 5. The first-order valence-electron chi connectivity index (χ1n) is 5.62. The Morgan fingerprint density at radius 1 is 1.26 bits per heavy atom. The first-order valence-corrected chi connectivity index (χ1v) is 5.62. The Bertz CT molecular complexity index is 569. The second kappa shape index (κ2) is 5.81. The number of nitrogens with two attached hydrogens (primary N) is 1. The summed E-state index contributed by atoms with van der Waals surface area (Å²) in [6.07, 6.45) is 1.47. The lowest BCUT2D eigenvalue weighted by Crippen LogP contribution is -2.14. The number of nitrogens with zero attached hydrogens (tertiary/aromatic N) is 2. The summed E-state index contributed by atoms with van der Waals surface area (Å²) in [6, 6.07) is 9.08. The lowest BCUT2D eigenvalue weighted by molar-refractivity contribution is 0.289. The van der Waals surface area contributed by atoms with Crippen LogP contribution in [0.1, 0.15) is 11.1 Å². The van der Waals surface area contributed by atoms with Crippen molar-refractivity contribution in [2.45, 2.75) is 6.61 Å². The molecule has 0 aliphatic carbocycles. The summed E-state index contributed by atoms with van der Waals surface area (Å²) < 4.78 is 10.6. The van der Waals surface area contributed by atoms with Gasteiger partial charge in [-0.15, -0.1) is 5.10 Å². The average molecular weight is 258 g/mol. The molecule has 98 valence electrons. The van der Waals surface area contributed by atoms with Crippen LogP contribution in [0.4, 0.5) is 0 Å². The Labute approximate surface area is 110 Å². The zero-order valence-electron chi connectivity index (χ0n) is 10.5. The van der Waals surface area contributed by atoms with Crippen LogP contribution in [0.25, 0.3) is 0 Å². The van der Waals surface area contributed by atoms with Crippen LogP contribution in [0, 0.1) is 5.41 Å². The fourth-order valence-electron chi connectivity index (χ4n) is 1.50. The van der Waals surface area contributed by atoms with E-state index in [4.69, 9.17) is 20.6 Å². The molecule has 0 aliphatic rings. The van der Waals surface area contributed by atoms with Crippen molar-refractivity contribution in [3.8, 4) is 11.6 Å². The van der Waals surface area contributed by atoms with Crippen molar-refractivity contribution >= 4 is 5.84 Å². The molecule has 19 heavy (non-hydrogen) atoms. The predicted molar refractivity (Wildman–Crippen MR) is 70.4 cm³/mol. The maximum Gasteiger partial charge on any atom is 0.244 e. The smallest absolute Gasteiger partial charge is 0.244 e. The maximum absolute atomic E-state index is 7.43. The summed E-state index contributed by atoms with van der Waals surface area (Å²) in [5.74, 6) is 0.943. The van der Waals surface area contributed by atoms with Gasteiger partial charge in [0.05, 0.1) is 18.9 Å². The number of methoxy groups -OCH3 is 1. The molecule has 1 heterocycles. The minimum absolute atomic E-state index is 0.0976. The van der Waals surface area contributed by atoms with Crippen LogP contribution in [0.15, 0.2) is 36.5 Å². The van der Waals surface area contributed by atoms with Crippen LogP contribution in [0.2, 0.25) is 0 Å². The van der Waals surface area contributed by atoms with Gasteiger partial charge in [0.25, 0.3) is 0 Å². The number of rotatable bonds is 5. The lowest BCUT2D eigenvalue weighted by atomic mass is 10.2. The molecule has 0 bridgehead atoms. The molecular weight excluding hydrogens is 244 g/mol. The Balaban J connectivity index is 2.07. The van der Waals surface area contributed by atoms with Crippen molar-refractivity contribution in [2.75, 3.05) is 7.11 Å². The highest BCUT2D eigenvalue weighted by Gasteiger charge is 2.08. The summed E-state index contributed by atoms with van der Waals surface area (Å²) in [5.41, 5.74) is 6.83. The molecule has 0 radical (unpaired) electrons. The molecule has 6 nitrogen and oxygen atoms in total. The number of nitrogens with one attached hydrogen (secondary N) is 1. The number of hydrogen-bond donors (Lipinski definition) is 2. The highest BCUT2D eigenvalue weighted by Crippen LogP contribution is 2.16. The van der Waals surface area contributed by atoms with E-state index in [1.807, 2.05) is 24.3 Å². The van der Waals surface area contributed by atoms with Gasteiger partial charge in [-0.3, -0.25) is 5.41 Å². The van der Waals surface area contributed by atoms with Gasteiger partial charge in [-0.25, -0.2) is 0 Å². The van der Waals surface area contributed by atoms with Crippen molar-refractivity contribution in [1.82, 2.24) is 10.2 Å². The van der Waals surface area contributed by atoms with Crippen LogP contribution in [-0.4, -0.2) is 23.1 Å². The highest BCUT2D eigenvalue weighted by molar-refractivity contribution is 5.96. The van der Waals surface area contributed by atoms with E-state index in [-0.39, 0.29) is 11.7 Å². The summed E-state index contributed by atoms with van der Waals surface area (Å²) in [4.78, 5) is 0. The number of ether oxygens (including phenoxy) is 2. The third-order valence-corrected chi connectivity index (χ3v) is 2.51. The molecule has 0 saturated heterocycles. The third kappa shape index (κ3) is 3.19. The normalized spacial score (nSPS) is 9.95. The number of nitrogen functional groups attached to an aromatic ring is 1. The quantitative estimate of drug-likeness (QED) is 0.623. The molecule has 0 unspecified atom stereocenters. The second-order valence-corrected chi connectivity index (χ2v) is 3.80. The van der Waals surface area contributed by atoms with Crippen molar-refractivity contribution in [3.63, 3.8) is 0 Å². The van der Waals surface area contributed by atoms with Gasteiger partial charge >= 0.3 is 0 Å². The van der Waals surface area contributed by atoms with E-state index >= 15 is 0 Å². The maximum atomic E-state index is 7.43. The van der Waals surface area contributed by atoms with E-state index in [1.54, 1.807) is 13.2 Å². The molecule has 3 N–H and O–H groups in total. The Hall–Kier alpha value is -2.63. The van der Waals surface area contributed by atoms with Crippen LogP contribution in [0.3, 0.4) is 0 Å². The van der Waals surface area contributed by atoms with Gasteiger partial charge in [0.15, 0.2) is 0 Å². The molecule has 0 aliphatic heterocycles. The van der Waals surface area contributed by atoms with E-state index < -0.39 is 0 Å². The summed E-state index contributed by atoms with van der Waals surface area (Å²) in [5, 5.41) is 15.0. The van der Waals surface area contributed by atoms with Gasteiger partial charge in [0.2, 0.25) is 5.88 Å². The number of aromatic nitrogens is 2. The van der Waals surface area contributed by atoms with Crippen molar-refractivity contribution in [1.29, 1.82) is 5.41 Å². The number of amidine groups is 1. The van der Waals surface area contributed by atoms with Gasteiger partial charge in [-0.1, -0.05) is 12.1 Å². The van der Waals surface area contributed by atoms with E-state index in [2.05, 4.69) is 10.2 Å². The van der Waals surface area contributed by atoms with Gasteiger partial charge in [-0.05, 0) is 23.8 Å². The summed E-state index contributed by atoms with van der Waals surface area (Å²) in [7, 11) is 1.62. The predicted octanol–water partition coefficient (Wildman–Crippen LogP) is 1.35. The molecule has 2 aromatic rings. The molecule has 0 atom stereocenters. The van der Waals surface area contributed by atoms with Crippen molar-refractivity contribution in [2.24, 2.45) is 5.73 Å². The van der Waals surface area contributed by atoms with Gasteiger partial charge in [0, 0.05) is 0 Å². The Morgan fingerprint density at radius 2 is 2.00 bits per heavy atom. The minimum Gasteiger partial charge on any atom is -0.497 e. The van der Waals surface area contributed by atoms with E-state index in [0.717, 1.165) is 11.3 Å². The number of benzene rings is 1. The Kier molecular flexibility index (Phi) is 3.92. The summed E-state index contributed by atoms with van der Waals surface area (Å²) >= 11 is 0. The molecule has 0 saturated carbocycles. The Morgan fingerprint density at radius 3 is 2.63 bits per heavy atom. The zero-order valence-corrected chi connectivity index (χ0v) is 10.5. The molecule has 2 rings (SSSR count). The van der Waals surface area contributed by atoms with Crippen LogP contribution >= 0.6 is 0 Å². The summed E-state index contributed by atoms with van der Waals surface area (Å²) in [6.45, 7) is 0.322. The highest BCUT2D eigenvalue weighted by atomic mass is 16.5. The lowest BCUT2D eigenvalue weighted by Gasteiger charge is -2.08. The van der Waals surface area contributed by atoms with Gasteiger partial charge in [0.1, 0.15) is 18.2 Å². The average Bonchev–Trinajstić information content (AvgIpc) is 2.46. The standard InChI is InChI=1S/C13H14N4O2/c1-18-10-4-2-9(3-5-10)8-19-13-11(12(14)15)6-7-16-17-13/h2-7H,8H2,1H3,(H3,14,15). The third-order valence-electron chi connectivity index (χ3n) is 2.51. The minimum atomic E-state index is -0.0976. The molecular formula is C13H14N4O2. The molecule has 0 amide bonds. The zero-order chi connectivity index (χ0) is 13.7. The first kappa shape index (κ1) is 12.8. The molecule has 0 spiro atoms. The van der Waals surface area contributed by atoms with Crippen molar-refractivity contribution < 1.29 is 9.47 Å². The van der Waals surface area contributed by atoms with Crippen LogP contribution in [0.5, 0.6) is 11.6 Å². The fraction of sp³-hybridized carbons (Fsp3) is 0.154. The van der Waals surface area contributed by atoms with Gasteiger partial charge < -0.3 is 15.2 Å². The molecule has 0 fully saturated rings. The van der Waals surface area contributed by atoms with Crippen LogP contribution < -0.4 is 15.2 Å². The first-order chi connectivity index (χ1) is 9.20. The molecule has 1 aromatic heterocycles. The SMILES string of the molecule is COc1ccc(COc2nnccc2C(=N)N)cc1. The second-order valence-electron chi connectivity index (χ2n) is 3.80. The molecule has 6 heteroatoms. The monoisotopic (exact) mass is 258 g/mol. The van der Waals surface area contributed by atoms with Crippen molar-refractivity contribution in [3.05, 3.63) is 47.7 Å². The topological polar surface area (TPSA) is 94.1 Å². The van der Waals surface area contributed by atoms with E-state index in [1.165, 1.54) is 6.20 Å². The van der Waals surface area contributed by atoms with E-state index in [9.17, 15) is 0 Å². The molecule has 1 aromatic carbocycles.